The highest BCUT2D eigenvalue weighted by atomic mass is 15.1. The average molecular weight is 273 g/mol. The van der Waals surface area contributed by atoms with E-state index in [0.717, 1.165) is 25.1 Å². The van der Waals surface area contributed by atoms with E-state index in [0.29, 0.717) is 0 Å². The number of nitriles is 1. The van der Waals surface area contributed by atoms with Gasteiger partial charge in [0.05, 0.1) is 6.07 Å². The summed E-state index contributed by atoms with van der Waals surface area (Å²) in [5.41, 5.74) is 0.465. The molecule has 0 spiro atoms. The molecule has 3 heteroatoms. The molecule has 0 aliphatic carbocycles. The molecule has 1 rings (SSSR count). The van der Waals surface area contributed by atoms with Gasteiger partial charge in [0.25, 0.3) is 0 Å². The lowest BCUT2D eigenvalue weighted by Crippen LogP contribution is -2.41. The van der Waals surface area contributed by atoms with Crippen LogP contribution in [-0.4, -0.2) is 32.1 Å². The maximum absolute atomic E-state index is 9.63. The van der Waals surface area contributed by atoms with Gasteiger partial charge in [-0.25, -0.2) is 0 Å². The van der Waals surface area contributed by atoms with Gasteiger partial charge in [-0.1, -0.05) is 50.1 Å². The molecule has 0 bridgehead atoms. The van der Waals surface area contributed by atoms with Gasteiger partial charge in [-0.05, 0) is 39.0 Å². The van der Waals surface area contributed by atoms with Crippen LogP contribution in [0, 0.1) is 11.3 Å². The molecule has 1 N–H and O–H groups in total. The SMILES string of the molecule is CCCCCN(C)CCC(C#N)(NC)c1ccccc1. The van der Waals surface area contributed by atoms with Gasteiger partial charge >= 0.3 is 0 Å². The van der Waals surface area contributed by atoms with Gasteiger partial charge in [-0.3, -0.25) is 5.32 Å². The Kier molecular flexibility index (Phi) is 7.28. The van der Waals surface area contributed by atoms with Gasteiger partial charge in [0.2, 0.25) is 0 Å². The molecule has 0 saturated heterocycles. The molecular weight excluding hydrogens is 246 g/mol. The van der Waals surface area contributed by atoms with Crippen LogP contribution in [0.1, 0.15) is 38.2 Å². The monoisotopic (exact) mass is 273 g/mol. The summed E-state index contributed by atoms with van der Waals surface area (Å²) in [6, 6.07) is 12.5. The predicted molar refractivity (Wildman–Crippen MR) is 84.4 cm³/mol. The third-order valence-corrected chi connectivity index (χ3v) is 3.90. The van der Waals surface area contributed by atoms with Crippen molar-refractivity contribution in [1.82, 2.24) is 10.2 Å². The highest BCUT2D eigenvalue weighted by Gasteiger charge is 2.30. The number of hydrogen-bond acceptors (Lipinski definition) is 3. The first-order valence-corrected chi connectivity index (χ1v) is 7.52. The van der Waals surface area contributed by atoms with Crippen LogP contribution in [0.2, 0.25) is 0 Å². The summed E-state index contributed by atoms with van der Waals surface area (Å²) in [6.07, 6.45) is 4.55. The Hall–Kier alpha value is -1.37. The first-order valence-electron chi connectivity index (χ1n) is 7.52. The second-order valence-electron chi connectivity index (χ2n) is 5.39. The van der Waals surface area contributed by atoms with Crippen LogP contribution in [0.5, 0.6) is 0 Å². The Labute approximate surface area is 123 Å². The Balaban J connectivity index is 2.62. The minimum absolute atomic E-state index is 0.583. The van der Waals surface area contributed by atoms with E-state index in [9.17, 15) is 5.26 Å². The summed E-state index contributed by atoms with van der Waals surface area (Å²) in [5.74, 6) is 0. The topological polar surface area (TPSA) is 39.1 Å². The fourth-order valence-corrected chi connectivity index (χ4v) is 2.41. The van der Waals surface area contributed by atoms with Gasteiger partial charge < -0.3 is 4.90 Å². The van der Waals surface area contributed by atoms with Crippen LogP contribution in [-0.2, 0) is 5.54 Å². The molecule has 0 aliphatic rings. The molecule has 0 amide bonds. The van der Waals surface area contributed by atoms with Gasteiger partial charge in [-0.2, -0.15) is 5.26 Å². The molecule has 0 aromatic heterocycles. The Morgan fingerprint density at radius 2 is 1.90 bits per heavy atom. The number of nitrogens with one attached hydrogen (secondary N) is 1. The number of nitrogens with zero attached hydrogens (tertiary/aromatic N) is 2. The minimum atomic E-state index is -0.583. The van der Waals surface area contributed by atoms with E-state index < -0.39 is 5.54 Å². The number of rotatable bonds is 9. The quantitative estimate of drug-likeness (QED) is 0.703. The van der Waals surface area contributed by atoms with Gasteiger partial charge in [-0.15, -0.1) is 0 Å². The van der Waals surface area contributed by atoms with Crippen molar-refractivity contribution in [1.29, 1.82) is 5.26 Å². The van der Waals surface area contributed by atoms with Crippen molar-refractivity contribution in [3.63, 3.8) is 0 Å². The molecule has 110 valence electrons. The maximum atomic E-state index is 9.63. The van der Waals surface area contributed by atoms with Crippen molar-refractivity contribution in [2.75, 3.05) is 27.2 Å². The van der Waals surface area contributed by atoms with Crippen molar-refractivity contribution < 1.29 is 0 Å². The smallest absolute Gasteiger partial charge is 0.133 e. The van der Waals surface area contributed by atoms with Crippen molar-refractivity contribution in [3.05, 3.63) is 35.9 Å². The zero-order valence-electron chi connectivity index (χ0n) is 13.0. The zero-order valence-corrected chi connectivity index (χ0v) is 13.0. The molecular formula is C17H27N3. The Morgan fingerprint density at radius 3 is 2.45 bits per heavy atom. The number of unbranched alkanes of at least 4 members (excludes halogenated alkanes) is 2. The second kappa shape index (κ2) is 8.73. The van der Waals surface area contributed by atoms with E-state index in [2.05, 4.69) is 30.3 Å². The molecule has 0 aliphatic heterocycles. The van der Waals surface area contributed by atoms with Crippen molar-refractivity contribution >= 4 is 0 Å². The summed E-state index contributed by atoms with van der Waals surface area (Å²) < 4.78 is 0. The Bertz CT molecular complexity index is 410. The summed E-state index contributed by atoms with van der Waals surface area (Å²) in [6.45, 7) is 4.25. The van der Waals surface area contributed by atoms with E-state index in [1.807, 2.05) is 37.4 Å². The van der Waals surface area contributed by atoms with Crippen LogP contribution >= 0.6 is 0 Å². The first-order chi connectivity index (χ1) is 9.68. The summed E-state index contributed by atoms with van der Waals surface area (Å²) in [5, 5.41) is 12.8. The summed E-state index contributed by atoms with van der Waals surface area (Å²) in [4.78, 5) is 2.32. The normalized spacial score (nSPS) is 13.9. The fraction of sp³-hybridized carbons (Fsp3) is 0.588. The van der Waals surface area contributed by atoms with E-state index >= 15 is 0 Å². The largest absolute Gasteiger partial charge is 0.306 e. The van der Waals surface area contributed by atoms with E-state index in [1.165, 1.54) is 19.3 Å². The fourth-order valence-electron chi connectivity index (χ4n) is 2.41. The standard InChI is InChI=1S/C17H27N3/c1-4-5-9-13-20(3)14-12-17(15-18,19-2)16-10-7-6-8-11-16/h6-8,10-11,19H,4-5,9,12-14H2,1-3H3. The third-order valence-electron chi connectivity index (χ3n) is 3.90. The lowest BCUT2D eigenvalue weighted by molar-refractivity contribution is 0.282. The molecule has 20 heavy (non-hydrogen) atoms. The van der Waals surface area contributed by atoms with Gasteiger partial charge in [0, 0.05) is 6.54 Å². The molecule has 1 aromatic rings. The molecule has 1 atom stereocenters. The van der Waals surface area contributed by atoms with Gasteiger partial charge in [0.1, 0.15) is 5.54 Å². The third kappa shape index (κ3) is 4.63. The van der Waals surface area contributed by atoms with Crippen molar-refractivity contribution in [3.8, 4) is 6.07 Å². The molecule has 0 saturated carbocycles. The van der Waals surface area contributed by atoms with E-state index in [-0.39, 0.29) is 0 Å². The molecule has 1 unspecified atom stereocenters. The lowest BCUT2D eigenvalue weighted by Gasteiger charge is -2.29. The van der Waals surface area contributed by atoms with E-state index in [4.69, 9.17) is 0 Å². The summed E-state index contributed by atoms with van der Waals surface area (Å²) >= 11 is 0. The average Bonchev–Trinajstić information content (AvgIpc) is 2.50. The Morgan fingerprint density at radius 1 is 1.20 bits per heavy atom. The van der Waals surface area contributed by atoms with Crippen LogP contribution in [0.4, 0.5) is 0 Å². The minimum Gasteiger partial charge on any atom is -0.306 e. The molecule has 0 radical (unpaired) electrons. The number of hydrogen-bond donors (Lipinski definition) is 1. The highest BCUT2D eigenvalue weighted by molar-refractivity contribution is 5.31. The molecule has 1 aromatic carbocycles. The van der Waals surface area contributed by atoms with E-state index in [1.54, 1.807) is 0 Å². The molecule has 3 nitrogen and oxygen atoms in total. The predicted octanol–water partition coefficient (Wildman–Crippen LogP) is 3.14. The summed E-state index contributed by atoms with van der Waals surface area (Å²) in [7, 11) is 4.01. The lowest BCUT2D eigenvalue weighted by atomic mass is 9.88. The van der Waals surface area contributed by atoms with Crippen LogP contribution in [0.3, 0.4) is 0 Å². The van der Waals surface area contributed by atoms with Crippen LogP contribution in [0.25, 0.3) is 0 Å². The molecule has 0 fully saturated rings. The second-order valence-corrected chi connectivity index (χ2v) is 5.39. The molecule has 0 heterocycles. The van der Waals surface area contributed by atoms with Gasteiger partial charge in [0.15, 0.2) is 0 Å². The maximum Gasteiger partial charge on any atom is 0.133 e. The van der Waals surface area contributed by atoms with Crippen LogP contribution < -0.4 is 5.32 Å². The van der Waals surface area contributed by atoms with Crippen LogP contribution in [0.15, 0.2) is 30.3 Å². The first kappa shape index (κ1) is 16.7. The highest BCUT2D eigenvalue weighted by Crippen LogP contribution is 2.24. The zero-order chi connectivity index (χ0) is 14.8. The van der Waals surface area contributed by atoms with Crippen molar-refractivity contribution in [2.24, 2.45) is 0 Å². The van der Waals surface area contributed by atoms with Crippen molar-refractivity contribution in [2.45, 2.75) is 38.1 Å². The number of benzene rings is 1.